The van der Waals surface area contributed by atoms with Gasteiger partial charge in [0.05, 0.1) is 16.8 Å². The van der Waals surface area contributed by atoms with Crippen LogP contribution >= 0.6 is 23.2 Å². The largest absolute Gasteiger partial charge is 0.236 e. The number of benzene rings is 1. The summed E-state index contributed by atoms with van der Waals surface area (Å²) >= 11 is 11.7. The second-order valence-electron chi connectivity index (χ2n) is 3.97. The van der Waals surface area contributed by atoms with Crippen LogP contribution in [0, 0.1) is 17.1 Å². The molecule has 96 valence electrons. The van der Waals surface area contributed by atoms with Crippen molar-refractivity contribution in [1.82, 2.24) is 4.98 Å². The van der Waals surface area contributed by atoms with Crippen LogP contribution in [0.1, 0.15) is 12.0 Å². The molecule has 0 aliphatic heterocycles. The van der Waals surface area contributed by atoms with Crippen molar-refractivity contribution in [2.75, 3.05) is 0 Å². The van der Waals surface area contributed by atoms with E-state index in [1.807, 2.05) is 6.07 Å². The molecule has 0 atom stereocenters. The van der Waals surface area contributed by atoms with E-state index in [9.17, 15) is 4.39 Å². The molecule has 0 N–H and O–H groups in total. The molecule has 0 aliphatic carbocycles. The topological polar surface area (TPSA) is 36.7 Å². The number of halogens is 3. The van der Waals surface area contributed by atoms with E-state index in [0.29, 0.717) is 29.3 Å². The Morgan fingerprint density at radius 2 is 2.00 bits per heavy atom. The third kappa shape index (κ3) is 3.44. The lowest BCUT2D eigenvalue weighted by atomic mass is 10.1. The van der Waals surface area contributed by atoms with Gasteiger partial charge in [0.15, 0.2) is 0 Å². The van der Waals surface area contributed by atoms with E-state index in [4.69, 9.17) is 28.5 Å². The molecule has 2 aromatic rings. The summed E-state index contributed by atoms with van der Waals surface area (Å²) in [6.07, 6.45) is 1.00. The Labute approximate surface area is 120 Å². The maximum Gasteiger partial charge on any atom is 0.141 e. The summed E-state index contributed by atoms with van der Waals surface area (Å²) in [5.74, 6) is -0.475. The van der Waals surface area contributed by atoms with Crippen LogP contribution in [0.4, 0.5) is 4.39 Å². The van der Waals surface area contributed by atoms with Gasteiger partial charge in [-0.25, -0.2) is 9.37 Å². The molecule has 0 aliphatic rings. The lowest BCUT2D eigenvalue weighted by Crippen LogP contribution is -1.91. The van der Waals surface area contributed by atoms with E-state index in [-0.39, 0.29) is 5.02 Å². The van der Waals surface area contributed by atoms with Crippen molar-refractivity contribution in [2.24, 2.45) is 0 Å². The monoisotopic (exact) mass is 294 g/mol. The minimum atomic E-state index is -0.475. The summed E-state index contributed by atoms with van der Waals surface area (Å²) in [6, 6.07) is 10.0. The molecule has 1 heterocycles. The molecule has 0 radical (unpaired) electrons. The molecule has 0 unspecified atom stereocenters. The molecule has 0 fully saturated rings. The van der Waals surface area contributed by atoms with Crippen LogP contribution in [0.2, 0.25) is 10.2 Å². The first-order valence-corrected chi connectivity index (χ1v) is 6.34. The maximum absolute atomic E-state index is 13.1. The fourth-order valence-corrected chi connectivity index (χ4v) is 2.11. The first-order valence-electron chi connectivity index (χ1n) is 5.59. The van der Waals surface area contributed by atoms with Gasteiger partial charge in [-0.2, -0.15) is 5.26 Å². The highest BCUT2D eigenvalue weighted by Crippen LogP contribution is 2.26. The molecule has 2 nitrogen and oxygen atoms in total. The number of nitriles is 1. The van der Waals surface area contributed by atoms with E-state index < -0.39 is 5.82 Å². The Morgan fingerprint density at radius 3 is 2.68 bits per heavy atom. The molecular formula is C14H9Cl2FN2. The van der Waals surface area contributed by atoms with Crippen LogP contribution in [0.15, 0.2) is 30.3 Å². The average molecular weight is 295 g/mol. The number of aromatic nitrogens is 1. The van der Waals surface area contributed by atoms with E-state index in [0.717, 1.165) is 5.56 Å². The number of aryl methyl sites for hydroxylation is 1. The highest BCUT2D eigenvalue weighted by Gasteiger charge is 2.07. The molecule has 0 spiro atoms. The van der Waals surface area contributed by atoms with Gasteiger partial charge < -0.3 is 0 Å². The van der Waals surface area contributed by atoms with Crippen molar-refractivity contribution in [3.63, 3.8) is 0 Å². The molecule has 0 bridgehead atoms. The van der Waals surface area contributed by atoms with Crippen LogP contribution in [-0.4, -0.2) is 4.98 Å². The van der Waals surface area contributed by atoms with Gasteiger partial charge in [0.25, 0.3) is 0 Å². The number of rotatable bonds is 3. The smallest absolute Gasteiger partial charge is 0.141 e. The van der Waals surface area contributed by atoms with Gasteiger partial charge in [-0.05, 0) is 42.3 Å². The van der Waals surface area contributed by atoms with Gasteiger partial charge in [-0.3, -0.25) is 0 Å². The molecule has 0 amide bonds. The molecular weight excluding hydrogens is 286 g/mol. The molecule has 1 aromatic carbocycles. The number of hydrogen-bond donors (Lipinski definition) is 0. The van der Waals surface area contributed by atoms with Crippen molar-refractivity contribution >= 4 is 23.2 Å². The maximum atomic E-state index is 13.1. The van der Waals surface area contributed by atoms with Crippen molar-refractivity contribution in [3.05, 3.63) is 51.9 Å². The zero-order chi connectivity index (χ0) is 13.8. The lowest BCUT2D eigenvalue weighted by Gasteiger charge is -2.06. The number of hydrogen-bond acceptors (Lipinski definition) is 2. The Hall–Kier alpha value is -1.63. The van der Waals surface area contributed by atoms with Crippen molar-refractivity contribution in [1.29, 1.82) is 5.26 Å². The minimum Gasteiger partial charge on any atom is -0.236 e. The predicted octanol–water partition coefficient (Wildman–Crippen LogP) is 4.65. The average Bonchev–Trinajstić information content (AvgIpc) is 2.39. The standard InChI is InChI=1S/C14H9Cl2FN2/c15-11-8-10(3-4-12(11)17)13-6-9(2-1-5-18)7-14(16)19-13/h3-4,6-8H,1-2H2. The zero-order valence-electron chi connectivity index (χ0n) is 9.83. The third-order valence-corrected chi connectivity index (χ3v) is 3.08. The summed E-state index contributed by atoms with van der Waals surface area (Å²) in [7, 11) is 0. The van der Waals surface area contributed by atoms with E-state index in [2.05, 4.69) is 11.1 Å². The van der Waals surface area contributed by atoms with Crippen molar-refractivity contribution in [3.8, 4) is 17.3 Å². The second kappa shape index (κ2) is 6.01. The van der Waals surface area contributed by atoms with Gasteiger partial charge in [0.2, 0.25) is 0 Å². The number of pyridine rings is 1. The van der Waals surface area contributed by atoms with Crippen LogP contribution in [0.3, 0.4) is 0 Å². The Morgan fingerprint density at radius 1 is 1.21 bits per heavy atom. The molecule has 2 rings (SSSR count). The van der Waals surface area contributed by atoms with Gasteiger partial charge >= 0.3 is 0 Å². The summed E-state index contributed by atoms with van der Waals surface area (Å²) in [5.41, 5.74) is 2.21. The first-order chi connectivity index (χ1) is 9.10. The Kier molecular flexibility index (Phi) is 4.36. The summed E-state index contributed by atoms with van der Waals surface area (Å²) < 4.78 is 13.1. The second-order valence-corrected chi connectivity index (χ2v) is 4.76. The van der Waals surface area contributed by atoms with Crippen LogP contribution in [0.25, 0.3) is 11.3 Å². The first kappa shape index (κ1) is 13.8. The zero-order valence-corrected chi connectivity index (χ0v) is 11.3. The molecule has 0 saturated carbocycles. The van der Waals surface area contributed by atoms with E-state index in [1.165, 1.54) is 12.1 Å². The van der Waals surface area contributed by atoms with Crippen LogP contribution in [0.5, 0.6) is 0 Å². The fraction of sp³-hybridized carbons (Fsp3) is 0.143. The quantitative estimate of drug-likeness (QED) is 0.773. The van der Waals surface area contributed by atoms with Crippen LogP contribution < -0.4 is 0 Å². The molecule has 19 heavy (non-hydrogen) atoms. The Bertz CT molecular complexity index is 650. The molecule has 0 saturated heterocycles. The predicted molar refractivity (Wildman–Crippen MR) is 73.6 cm³/mol. The molecule has 1 aromatic heterocycles. The van der Waals surface area contributed by atoms with Gasteiger partial charge in [-0.15, -0.1) is 0 Å². The van der Waals surface area contributed by atoms with Crippen molar-refractivity contribution < 1.29 is 4.39 Å². The SMILES string of the molecule is N#CCCc1cc(Cl)nc(-c2ccc(F)c(Cl)c2)c1. The van der Waals surface area contributed by atoms with Crippen molar-refractivity contribution in [2.45, 2.75) is 12.8 Å². The fourth-order valence-electron chi connectivity index (χ4n) is 1.70. The van der Waals surface area contributed by atoms with E-state index >= 15 is 0 Å². The van der Waals surface area contributed by atoms with Gasteiger partial charge in [0.1, 0.15) is 11.0 Å². The van der Waals surface area contributed by atoms with E-state index in [1.54, 1.807) is 12.1 Å². The normalized spacial score (nSPS) is 10.2. The minimum absolute atomic E-state index is 0.0397. The van der Waals surface area contributed by atoms with Gasteiger partial charge in [-0.1, -0.05) is 23.2 Å². The molecule has 5 heteroatoms. The Balaban J connectivity index is 2.41. The summed E-state index contributed by atoms with van der Waals surface area (Å²) in [6.45, 7) is 0. The summed E-state index contributed by atoms with van der Waals surface area (Å²) in [5, 5.41) is 8.97. The van der Waals surface area contributed by atoms with Gasteiger partial charge in [0, 0.05) is 12.0 Å². The lowest BCUT2D eigenvalue weighted by molar-refractivity contribution is 0.628. The third-order valence-electron chi connectivity index (χ3n) is 2.59. The highest BCUT2D eigenvalue weighted by atomic mass is 35.5. The number of nitrogens with zero attached hydrogens (tertiary/aromatic N) is 2. The summed E-state index contributed by atoms with van der Waals surface area (Å²) in [4.78, 5) is 4.18. The highest BCUT2D eigenvalue weighted by molar-refractivity contribution is 6.31. The van der Waals surface area contributed by atoms with Crippen LogP contribution in [-0.2, 0) is 6.42 Å².